The predicted octanol–water partition coefficient (Wildman–Crippen LogP) is -8.99. The van der Waals surface area contributed by atoms with E-state index in [0.29, 0.717) is 0 Å². The molecular formula is O8Rb2S2. The third-order valence-corrected chi connectivity index (χ3v) is 1.75. The summed E-state index contributed by atoms with van der Waals surface area (Å²) in [5.74, 6) is 0. The molecular weight excluding hydrogens is 363 g/mol. The van der Waals surface area contributed by atoms with Crippen LogP contribution >= 0.6 is 0 Å². The van der Waals surface area contributed by atoms with E-state index in [0.717, 1.165) is 0 Å². The van der Waals surface area contributed by atoms with E-state index in [4.69, 9.17) is 5.26 Å². The van der Waals surface area contributed by atoms with Crippen LogP contribution in [0.2, 0.25) is 0 Å². The Hall–Kier alpha value is 3.35. The molecule has 0 aliphatic heterocycles. The summed E-state index contributed by atoms with van der Waals surface area (Å²) in [5, 5.41) is 9.01. The maximum Gasteiger partial charge on any atom is 1.00 e. The monoisotopic (exact) mass is 362 g/mol. The van der Waals surface area contributed by atoms with Crippen LogP contribution in [-0.2, 0) is 28.8 Å². The smallest absolute Gasteiger partial charge is 0.725 e. The summed E-state index contributed by atoms with van der Waals surface area (Å²) in [6.45, 7) is 0. The van der Waals surface area contributed by atoms with Gasteiger partial charge in [0.05, 0.1) is 0 Å². The molecule has 0 aliphatic carbocycles. The van der Waals surface area contributed by atoms with Gasteiger partial charge in [0.15, 0.2) is 0 Å². The minimum Gasteiger partial charge on any atom is -0.725 e. The molecule has 0 heterocycles. The standard InChI is InChI=1S/H2O8S2.2Rb/c1-7-10(5,6)8-9(2,3)4;;/h1H,(H,2,3,4);;/q;2*+1/p-2. The number of hydrogen-bond donors (Lipinski definition) is 0. The van der Waals surface area contributed by atoms with Crippen LogP contribution in [0.5, 0.6) is 0 Å². The zero-order chi connectivity index (χ0) is 8.41. The number of rotatable bonds is 3. The van der Waals surface area contributed by atoms with E-state index in [1.54, 1.807) is 0 Å². The summed E-state index contributed by atoms with van der Waals surface area (Å²) < 4.78 is 52.5. The minimum absolute atomic E-state index is 0. The molecule has 0 spiro atoms. The average molecular weight is 363 g/mol. The van der Waals surface area contributed by atoms with Crippen molar-refractivity contribution >= 4 is 20.8 Å². The Labute approximate surface area is 167 Å². The van der Waals surface area contributed by atoms with Gasteiger partial charge in [-0.2, -0.15) is 8.42 Å². The fourth-order valence-electron chi connectivity index (χ4n) is 0.113. The molecule has 8 nitrogen and oxygen atoms in total. The van der Waals surface area contributed by atoms with Crippen molar-refractivity contribution in [1.82, 2.24) is 0 Å². The van der Waals surface area contributed by atoms with Crippen molar-refractivity contribution < 1.29 is 151 Å². The van der Waals surface area contributed by atoms with Gasteiger partial charge in [0, 0.05) is 0 Å². The summed E-state index contributed by atoms with van der Waals surface area (Å²) in [6.07, 6.45) is 0. The Morgan fingerprint density at radius 3 is 1.42 bits per heavy atom. The Balaban J connectivity index is -0.000000405. The van der Waals surface area contributed by atoms with Crippen LogP contribution in [0.1, 0.15) is 0 Å². The zero-order valence-electron chi connectivity index (χ0n) is 6.08. The third-order valence-electron chi connectivity index (χ3n) is 0.250. The van der Waals surface area contributed by atoms with Crippen LogP contribution in [0, 0.1) is 0 Å². The van der Waals surface area contributed by atoms with Gasteiger partial charge in [-0.25, -0.2) is 8.42 Å². The fourth-order valence-corrected chi connectivity index (χ4v) is 1.02. The van der Waals surface area contributed by atoms with E-state index in [9.17, 15) is 21.4 Å². The largest absolute Gasteiger partial charge is 1.00 e. The van der Waals surface area contributed by atoms with Crippen molar-refractivity contribution in [2.75, 3.05) is 0 Å². The van der Waals surface area contributed by atoms with Crippen LogP contribution < -0.4 is 122 Å². The van der Waals surface area contributed by atoms with E-state index in [1.165, 1.54) is 0 Å². The van der Waals surface area contributed by atoms with Gasteiger partial charge < -0.3 is 14.1 Å². The van der Waals surface area contributed by atoms with Crippen molar-refractivity contribution in [3.63, 3.8) is 0 Å². The molecule has 12 heteroatoms. The van der Waals surface area contributed by atoms with Gasteiger partial charge in [0.2, 0.25) is 10.4 Å². The molecule has 0 unspecified atom stereocenters. The van der Waals surface area contributed by atoms with Crippen molar-refractivity contribution in [1.29, 1.82) is 0 Å². The first-order valence-corrected chi connectivity index (χ1v) is 4.17. The SMILES string of the molecule is O=S(=O)([O-])OS(=O)(=O)O[O-].[Rb+].[Rb+]. The van der Waals surface area contributed by atoms with E-state index >= 15 is 0 Å². The maximum absolute atomic E-state index is 9.68. The first-order chi connectivity index (χ1) is 4.27. The molecule has 0 aliphatic rings. The van der Waals surface area contributed by atoms with Crippen LogP contribution in [-0.4, -0.2) is 21.4 Å². The third kappa shape index (κ3) is 13.4. The second kappa shape index (κ2) is 8.50. The van der Waals surface area contributed by atoms with E-state index in [-0.39, 0.29) is 116 Å². The van der Waals surface area contributed by atoms with Crippen LogP contribution in [0.25, 0.3) is 0 Å². The van der Waals surface area contributed by atoms with Gasteiger partial charge in [-0.1, -0.05) is 0 Å². The fraction of sp³-hybridized carbons (Fsp3) is 0. The number of hydrogen-bond acceptors (Lipinski definition) is 8. The van der Waals surface area contributed by atoms with Crippen LogP contribution in [0.3, 0.4) is 0 Å². The van der Waals surface area contributed by atoms with Gasteiger partial charge in [0.25, 0.3) is 0 Å². The van der Waals surface area contributed by atoms with Crippen LogP contribution in [0.15, 0.2) is 0 Å². The Bertz CT molecular complexity index is 283. The zero-order valence-corrected chi connectivity index (χ0v) is 17.5. The first kappa shape index (κ1) is 20.7. The van der Waals surface area contributed by atoms with Crippen molar-refractivity contribution in [2.45, 2.75) is 0 Å². The first-order valence-electron chi connectivity index (χ1n) is 1.50. The Morgan fingerprint density at radius 2 is 1.33 bits per heavy atom. The summed E-state index contributed by atoms with van der Waals surface area (Å²) in [5.41, 5.74) is 0. The van der Waals surface area contributed by atoms with Gasteiger partial charge in [-0.3, -0.25) is 0 Å². The van der Waals surface area contributed by atoms with E-state index in [1.807, 2.05) is 0 Å². The minimum atomic E-state index is -5.46. The molecule has 0 radical (unpaired) electrons. The molecule has 0 rings (SSSR count). The molecule has 0 saturated heterocycles. The molecule has 0 amide bonds. The molecule has 0 aromatic heterocycles. The Kier molecular flexibility index (Phi) is 14.7. The molecule has 12 heavy (non-hydrogen) atoms. The van der Waals surface area contributed by atoms with E-state index in [2.05, 4.69) is 7.96 Å². The van der Waals surface area contributed by atoms with Crippen molar-refractivity contribution in [3.05, 3.63) is 0 Å². The summed E-state index contributed by atoms with van der Waals surface area (Å²) >= 11 is 0. The van der Waals surface area contributed by atoms with Crippen molar-refractivity contribution in [2.24, 2.45) is 0 Å². The topological polar surface area (TPSA) is 133 Å². The predicted molar refractivity (Wildman–Crippen MR) is 20.8 cm³/mol. The van der Waals surface area contributed by atoms with Gasteiger partial charge in [-0.15, -0.1) is 3.63 Å². The second-order valence-electron chi connectivity index (χ2n) is 0.953. The van der Waals surface area contributed by atoms with Crippen LogP contribution in [0.4, 0.5) is 0 Å². The van der Waals surface area contributed by atoms with Gasteiger partial charge in [0.1, 0.15) is 0 Å². The summed E-state index contributed by atoms with van der Waals surface area (Å²) in [6, 6.07) is 0. The maximum atomic E-state index is 9.68. The average Bonchev–Trinajstić information content (AvgIpc) is 1.60. The van der Waals surface area contributed by atoms with Gasteiger partial charge >= 0.3 is 127 Å². The summed E-state index contributed by atoms with van der Waals surface area (Å²) in [7, 11) is -10.7. The molecule has 0 fully saturated rings. The molecule has 0 aromatic carbocycles. The normalized spacial score (nSPS) is 11.2. The molecule has 0 saturated carbocycles. The van der Waals surface area contributed by atoms with Crippen molar-refractivity contribution in [3.8, 4) is 0 Å². The molecule has 62 valence electrons. The van der Waals surface area contributed by atoms with Gasteiger partial charge in [-0.05, 0) is 0 Å². The molecule has 0 N–H and O–H groups in total. The molecule has 0 aromatic rings. The van der Waals surface area contributed by atoms with E-state index < -0.39 is 20.8 Å². The molecule has 0 atom stereocenters. The molecule has 0 bridgehead atoms. The Morgan fingerprint density at radius 1 is 1.00 bits per heavy atom. The second-order valence-corrected chi connectivity index (χ2v) is 3.27. The summed E-state index contributed by atoms with van der Waals surface area (Å²) in [4.78, 5) is 0. The quantitative estimate of drug-likeness (QED) is 0.209.